The van der Waals surface area contributed by atoms with Gasteiger partial charge < -0.3 is 5.11 Å². The molecule has 31 heavy (non-hydrogen) atoms. The van der Waals surface area contributed by atoms with E-state index in [0.717, 1.165) is 34.5 Å². The number of H-pyrrole nitrogens is 1. The lowest BCUT2D eigenvalue weighted by Crippen LogP contribution is -1.98. The van der Waals surface area contributed by atoms with Crippen LogP contribution in [0.1, 0.15) is 41.2 Å². The number of aromatic nitrogens is 2. The standard InChI is InChI=1S/C27H24N2O2/c1-3-23(20-7-5-4-6-8-20)27(21-12-9-19(10-13-21)11-14-26(30)31)24-16-22-17-28-29-25(22)15-18(24)2/h4-17H,3H2,1-2H3,(H,28,29)(H,30,31)/b14-11+,27-23+. The van der Waals surface area contributed by atoms with Crippen molar-refractivity contribution in [2.75, 3.05) is 0 Å². The van der Waals surface area contributed by atoms with Gasteiger partial charge in [-0.25, -0.2) is 4.79 Å². The number of rotatable bonds is 6. The second kappa shape index (κ2) is 8.84. The molecule has 0 unspecified atom stereocenters. The number of nitrogens with one attached hydrogen (secondary N) is 1. The molecule has 0 radical (unpaired) electrons. The molecule has 0 saturated carbocycles. The average molecular weight is 409 g/mol. The molecule has 4 heteroatoms. The molecule has 0 fully saturated rings. The first kappa shape index (κ1) is 20.4. The summed E-state index contributed by atoms with van der Waals surface area (Å²) >= 11 is 0. The molecule has 0 spiro atoms. The van der Waals surface area contributed by atoms with Crippen molar-refractivity contribution < 1.29 is 9.90 Å². The largest absolute Gasteiger partial charge is 0.478 e. The maximum atomic E-state index is 10.8. The fourth-order valence-corrected chi connectivity index (χ4v) is 3.95. The molecule has 0 bridgehead atoms. The summed E-state index contributed by atoms with van der Waals surface area (Å²) < 4.78 is 0. The van der Waals surface area contributed by atoms with Crippen molar-refractivity contribution in [3.63, 3.8) is 0 Å². The number of allylic oxidation sites excluding steroid dienone is 1. The zero-order chi connectivity index (χ0) is 21.8. The maximum absolute atomic E-state index is 10.8. The molecule has 2 N–H and O–H groups in total. The van der Waals surface area contributed by atoms with Crippen LogP contribution in [0.5, 0.6) is 0 Å². The zero-order valence-electron chi connectivity index (χ0n) is 17.6. The van der Waals surface area contributed by atoms with Crippen molar-refractivity contribution in [3.8, 4) is 0 Å². The van der Waals surface area contributed by atoms with E-state index in [4.69, 9.17) is 5.11 Å². The van der Waals surface area contributed by atoms with Crippen LogP contribution < -0.4 is 0 Å². The van der Waals surface area contributed by atoms with Gasteiger partial charge in [0.15, 0.2) is 0 Å². The first-order chi connectivity index (χ1) is 15.1. The van der Waals surface area contributed by atoms with Crippen LogP contribution in [0, 0.1) is 6.92 Å². The minimum atomic E-state index is -0.953. The molecule has 4 rings (SSSR count). The van der Waals surface area contributed by atoms with Gasteiger partial charge in [-0.2, -0.15) is 5.10 Å². The molecule has 0 aliphatic rings. The molecule has 0 aliphatic carbocycles. The fourth-order valence-electron chi connectivity index (χ4n) is 3.95. The number of fused-ring (bicyclic) bond motifs is 1. The Hall–Kier alpha value is -3.92. The predicted molar refractivity (Wildman–Crippen MR) is 127 cm³/mol. The fraction of sp³-hybridized carbons (Fsp3) is 0.111. The van der Waals surface area contributed by atoms with E-state index in [1.54, 1.807) is 6.08 Å². The number of carboxylic acids is 1. The molecular formula is C27H24N2O2. The van der Waals surface area contributed by atoms with Crippen molar-refractivity contribution in [2.45, 2.75) is 20.3 Å². The van der Waals surface area contributed by atoms with Crippen LogP contribution in [0.2, 0.25) is 0 Å². The minimum Gasteiger partial charge on any atom is -0.478 e. The third-order valence-corrected chi connectivity index (χ3v) is 5.45. The summed E-state index contributed by atoms with van der Waals surface area (Å²) in [6.45, 7) is 4.30. The Morgan fingerprint density at radius 2 is 1.77 bits per heavy atom. The van der Waals surface area contributed by atoms with Gasteiger partial charge in [-0.15, -0.1) is 0 Å². The first-order valence-corrected chi connectivity index (χ1v) is 10.3. The Labute approximate surface area is 181 Å². The van der Waals surface area contributed by atoms with E-state index in [2.05, 4.69) is 72.6 Å². The summed E-state index contributed by atoms with van der Waals surface area (Å²) in [5.41, 5.74) is 8.95. The van der Waals surface area contributed by atoms with E-state index in [1.165, 1.54) is 27.8 Å². The summed E-state index contributed by atoms with van der Waals surface area (Å²) in [6.07, 6.45) is 5.49. The maximum Gasteiger partial charge on any atom is 0.328 e. The van der Waals surface area contributed by atoms with Crippen molar-refractivity contribution >= 4 is 34.1 Å². The van der Waals surface area contributed by atoms with Gasteiger partial charge in [0.2, 0.25) is 0 Å². The van der Waals surface area contributed by atoms with E-state index in [9.17, 15) is 4.79 Å². The van der Waals surface area contributed by atoms with E-state index in [-0.39, 0.29) is 0 Å². The highest BCUT2D eigenvalue weighted by Crippen LogP contribution is 2.37. The summed E-state index contributed by atoms with van der Waals surface area (Å²) in [7, 11) is 0. The number of benzene rings is 3. The number of carboxylic acid groups (broad SMARTS) is 1. The second-order valence-electron chi connectivity index (χ2n) is 7.49. The Bertz CT molecular complexity index is 1280. The Kier molecular flexibility index (Phi) is 5.80. The van der Waals surface area contributed by atoms with Gasteiger partial charge in [-0.3, -0.25) is 5.10 Å². The highest BCUT2D eigenvalue weighted by Gasteiger charge is 2.16. The summed E-state index contributed by atoms with van der Waals surface area (Å²) in [6, 6.07) is 22.8. The number of aromatic amines is 1. The number of carbonyl (C=O) groups is 1. The number of aryl methyl sites for hydroxylation is 1. The van der Waals surface area contributed by atoms with Gasteiger partial charge in [-0.1, -0.05) is 61.5 Å². The molecule has 154 valence electrons. The molecular weight excluding hydrogens is 384 g/mol. The summed E-state index contributed by atoms with van der Waals surface area (Å²) in [5.74, 6) is -0.953. The lowest BCUT2D eigenvalue weighted by atomic mass is 9.85. The van der Waals surface area contributed by atoms with Gasteiger partial charge in [0.1, 0.15) is 0 Å². The third-order valence-electron chi connectivity index (χ3n) is 5.45. The Morgan fingerprint density at radius 3 is 2.45 bits per heavy atom. The first-order valence-electron chi connectivity index (χ1n) is 10.3. The van der Waals surface area contributed by atoms with Crippen LogP contribution in [0.15, 0.2) is 79.0 Å². The van der Waals surface area contributed by atoms with Crippen molar-refractivity contribution in [2.24, 2.45) is 0 Å². The predicted octanol–water partition coefficient (Wildman–Crippen LogP) is 6.34. The number of nitrogens with zero attached hydrogens (tertiary/aromatic N) is 1. The van der Waals surface area contributed by atoms with Crippen molar-refractivity contribution in [1.82, 2.24) is 10.2 Å². The van der Waals surface area contributed by atoms with Gasteiger partial charge in [-0.05, 0) is 70.5 Å². The molecule has 1 heterocycles. The lowest BCUT2D eigenvalue weighted by Gasteiger charge is -2.18. The van der Waals surface area contributed by atoms with E-state index in [0.29, 0.717) is 0 Å². The Morgan fingerprint density at radius 1 is 1.03 bits per heavy atom. The highest BCUT2D eigenvalue weighted by molar-refractivity contribution is 6.01. The molecule has 4 nitrogen and oxygen atoms in total. The van der Waals surface area contributed by atoms with Gasteiger partial charge in [0.05, 0.1) is 11.7 Å². The van der Waals surface area contributed by atoms with E-state index < -0.39 is 5.97 Å². The minimum absolute atomic E-state index is 0.852. The smallest absolute Gasteiger partial charge is 0.328 e. The molecule has 3 aromatic carbocycles. The van der Waals surface area contributed by atoms with Crippen LogP contribution in [0.3, 0.4) is 0 Å². The van der Waals surface area contributed by atoms with E-state index >= 15 is 0 Å². The topological polar surface area (TPSA) is 66.0 Å². The van der Waals surface area contributed by atoms with Crippen LogP contribution >= 0.6 is 0 Å². The number of hydrogen-bond acceptors (Lipinski definition) is 2. The van der Waals surface area contributed by atoms with Crippen molar-refractivity contribution in [1.29, 1.82) is 0 Å². The van der Waals surface area contributed by atoms with Gasteiger partial charge in [0.25, 0.3) is 0 Å². The molecule has 0 atom stereocenters. The van der Waals surface area contributed by atoms with Crippen LogP contribution in [-0.2, 0) is 4.79 Å². The molecule has 0 aliphatic heterocycles. The van der Waals surface area contributed by atoms with Gasteiger partial charge >= 0.3 is 5.97 Å². The quantitative estimate of drug-likeness (QED) is 0.289. The number of hydrogen-bond donors (Lipinski definition) is 2. The SMILES string of the molecule is CC/C(=C(/c1ccc(/C=C/C(=O)O)cc1)c1cc2cn[nH]c2cc1C)c1ccccc1. The lowest BCUT2D eigenvalue weighted by molar-refractivity contribution is -0.131. The second-order valence-corrected chi connectivity index (χ2v) is 7.49. The zero-order valence-corrected chi connectivity index (χ0v) is 17.6. The Balaban J connectivity index is 1.94. The third kappa shape index (κ3) is 4.33. The van der Waals surface area contributed by atoms with Gasteiger partial charge in [0, 0.05) is 11.5 Å². The summed E-state index contributed by atoms with van der Waals surface area (Å²) in [5, 5.41) is 17.2. The summed E-state index contributed by atoms with van der Waals surface area (Å²) in [4.78, 5) is 10.8. The van der Waals surface area contributed by atoms with Crippen molar-refractivity contribution in [3.05, 3.63) is 107 Å². The monoisotopic (exact) mass is 408 g/mol. The van der Waals surface area contributed by atoms with Crippen LogP contribution in [-0.4, -0.2) is 21.3 Å². The van der Waals surface area contributed by atoms with Crippen LogP contribution in [0.25, 0.3) is 28.1 Å². The molecule has 0 amide bonds. The molecule has 0 saturated heterocycles. The molecule has 4 aromatic rings. The molecule has 1 aromatic heterocycles. The number of aliphatic carboxylic acids is 1. The normalized spacial score (nSPS) is 12.3. The van der Waals surface area contributed by atoms with E-state index in [1.807, 2.05) is 24.4 Å². The highest BCUT2D eigenvalue weighted by atomic mass is 16.4. The van der Waals surface area contributed by atoms with Crippen LogP contribution in [0.4, 0.5) is 0 Å². The average Bonchev–Trinajstić information content (AvgIpc) is 3.24.